The van der Waals surface area contributed by atoms with Gasteiger partial charge in [-0.3, -0.25) is 9.10 Å². The van der Waals surface area contributed by atoms with Crippen LogP contribution < -0.4 is 13.8 Å². The summed E-state index contributed by atoms with van der Waals surface area (Å²) >= 11 is 0. The van der Waals surface area contributed by atoms with Crippen LogP contribution in [0.3, 0.4) is 0 Å². The number of sulfonamides is 1. The third-order valence-electron chi connectivity index (χ3n) is 4.20. The second-order valence-corrected chi connectivity index (χ2v) is 7.62. The Morgan fingerprint density at radius 3 is 2.48 bits per heavy atom. The summed E-state index contributed by atoms with van der Waals surface area (Å²) in [5.74, 6) is 0.650. The van der Waals surface area contributed by atoms with Gasteiger partial charge in [-0.2, -0.15) is 0 Å². The molecule has 1 heterocycles. The van der Waals surface area contributed by atoms with Crippen molar-refractivity contribution in [1.29, 1.82) is 0 Å². The molecule has 0 spiro atoms. The van der Waals surface area contributed by atoms with Gasteiger partial charge in [0, 0.05) is 24.6 Å². The predicted octanol–water partition coefficient (Wildman–Crippen LogP) is 2.79. The molecule has 6 nitrogen and oxygen atoms in total. The highest BCUT2D eigenvalue weighted by molar-refractivity contribution is 7.93. The van der Waals surface area contributed by atoms with Crippen LogP contribution in [0.1, 0.15) is 22.3 Å². The first-order valence-corrected chi connectivity index (χ1v) is 9.21. The van der Waals surface area contributed by atoms with E-state index in [0.29, 0.717) is 17.0 Å². The van der Waals surface area contributed by atoms with E-state index in [2.05, 4.69) is 0 Å². The molecule has 7 heteroatoms. The van der Waals surface area contributed by atoms with Crippen molar-refractivity contribution < 1.29 is 22.7 Å². The summed E-state index contributed by atoms with van der Waals surface area (Å²) in [7, 11) is -0.974. The smallest absolute Gasteiger partial charge is 0.268 e. The van der Waals surface area contributed by atoms with Gasteiger partial charge in [0.05, 0.1) is 19.9 Å². The number of rotatable bonds is 4. The van der Waals surface area contributed by atoms with Crippen LogP contribution in [0.25, 0.3) is 0 Å². The van der Waals surface area contributed by atoms with Crippen molar-refractivity contribution in [1.82, 2.24) is 0 Å². The standard InChI is InChI=1S/C18H19NO5S/c1-12-4-6-15-14(10-12)16(20)8-9-19(15)25(21,22)18-7-5-13(23-2)11-17(18)24-3/h4-7,10-11H,8-9H2,1-3H3. The topological polar surface area (TPSA) is 72.9 Å². The Balaban J connectivity index is 2.14. The highest BCUT2D eigenvalue weighted by atomic mass is 32.2. The number of fused-ring (bicyclic) bond motifs is 1. The fraction of sp³-hybridized carbons (Fsp3) is 0.278. The van der Waals surface area contributed by atoms with Crippen molar-refractivity contribution >= 4 is 21.5 Å². The van der Waals surface area contributed by atoms with E-state index in [1.165, 1.54) is 30.7 Å². The lowest BCUT2D eigenvalue weighted by Crippen LogP contribution is -2.37. The van der Waals surface area contributed by atoms with Crippen LogP contribution in [0.5, 0.6) is 11.5 Å². The Hall–Kier alpha value is -2.54. The van der Waals surface area contributed by atoms with Gasteiger partial charge >= 0.3 is 0 Å². The Kier molecular flexibility index (Phi) is 4.43. The number of nitrogens with zero attached hydrogens (tertiary/aromatic N) is 1. The molecule has 0 atom stereocenters. The van der Waals surface area contributed by atoms with Gasteiger partial charge in [0.25, 0.3) is 10.0 Å². The van der Waals surface area contributed by atoms with E-state index in [1.807, 2.05) is 6.92 Å². The van der Waals surface area contributed by atoms with Crippen molar-refractivity contribution in [2.75, 3.05) is 25.1 Å². The molecule has 2 aromatic rings. The van der Waals surface area contributed by atoms with Crippen LogP contribution in [0.2, 0.25) is 0 Å². The predicted molar refractivity (Wildman–Crippen MR) is 94.2 cm³/mol. The average Bonchev–Trinajstić information content (AvgIpc) is 2.61. The number of hydrogen-bond acceptors (Lipinski definition) is 5. The number of methoxy groups -OCH3 is 2. The van der Waals surface area contributed by atoms with Crippen LogP contribution in [0.15, 0.2) is 41.3 Å². The number of hydrogen-bond donors (Lipinski definition) is 0. The van der Waals surface area contributed by atoms with E-state index in [4.69, 9.17) is 9.47 Å². The molecule has 0 unspecified atom stereocenters. The largest absolute Gasteiger partial charge is 0.497 e. The molecule has 0 radical (unpaired) electrons. The monoisotopic (exact) mass is 361 g/mol. The molecule has 0 saturated carbocycles. The first-order valence-electron chi connectivity index (χ1n) is 7.77. The molecular weight excluding hydrogens is 342 g/mol. The van der Waals surface area contributed by atoms with E-state index >= 15 is 0 Å². The summed E-state index contributed by atoms with van der Waals surface area (Å²) in [4.78, 5) is 12.2. The van der Waals surface area contributed by atoms with Crippen LogP contribution in [0, 0.1) is 6.92 Å². The molecule has 132 valence electrons. The van der Waals surface area contributed by atoms with Gasteiger partial charge in [-0.05, 0) is 31.2 Å². The molecular formula is C18H19NO5S. The van der Waals surface area contributed by atoms with Gasteiger partial charge in [0.2, 0.25) is 0 Å². The lowest BCUT2D eigenvalue weighted by atomic mass is 10.0. The molecule has 0 saturated heterocycles. The van der Waals surface area contributed by atoms with E-state index in [0.717, 1.165) is 5.56 Å². The number of carbonyl (C=O) groups excluding carboxylic acids is 1. The number of carbonyl (C=O) groups is 1. The van der Waals surface area contributed by atoms with Crippen molar-refractivity contribution in [3.8, 4) is 11.5 Å². The van der Waals surface area contributed by atoms with E-state index in [1.54, 1.807) is 24.3 Å². The van der Waals surface area contributed by atoms with Crippen molar-refractivity contribution in [2.45, 2.75) is 18.2 Å². The maximum Gasteiger partial charge on any atom is 0.268 e. The molecule has 1 aliphatic heterocycles. The highest BCUT2D eigenvalue weighted by Crippen LogP contribution is 2.36. The molecule has 0 aromatic heterocycles. The zero-order valence-electron chi connectivity index (χ0n) is 14.3. The third kappa shape index (κ3) is 2.95. The minimum atomic E-state index is -3.88. The van der Waals surface area contributed by atoms with Gasteiger partial charge in [0.15, 0.2) is 5.78 Å². The molecule has 0 amide bonds. The summed E-state index contributed by atoms with van der Waals surface area (Å²) in [5.41, 5.74) is 1.75. The molecule has 1 aliphatic rings. The normalized spacial score (nSPS) is 14.2. The van der Waals surface area contributed by atoms with Crippen molar-refractivity contribution in [2.24, 2.45) is 0 Å². The second kappa shape index (κ2) is 6.40. The maximum absolute atomic E-state index is 13.2. The van der Waals surface area contributed by atoms with Crippen molar-refractivity contribution in [3.63, 3.8) is 0 Å². The van der Waals surface area contributed by atoms with Crippen LogP contribution in [-0.2, 0) is 10.0 Å². The summed E-state index contributed by atoms with van der Waals surface area (Å²) in [5, 5.41) is 0. The second-order valence-electron chi connectivity index (χ2n) is 5.79. The van der Waals surface area contributed by atoms with E-state index in [-0.39, 0.29) is 29.4 Å². The van der Waals surface area contributed by atoms with Gasteiger partial charge in [-0.1, -0.05) is 11.6 Å². The molecule has 3 rings (SSSR count). The Morgan fingerprint density at radius 2 is 1.80 bits per heavy atom. The minimum Gasteiger partial charge on any atom is -0.497 e. The lowest BCUT2D eigenvalue weighted by Gasteiger charge is -2.30. The first kappa shape index (κ1) is 17.3. The Labute approximate surface area is 147 Å². The van der Waals surface area contributed by atoms with Gasteiger partial charge in [-0.15, -0.1) is 0 Å². The minimum absolute atomic E-state index is 0.0386. The van der Waals surface area contributed by atoms with Gasteiger partial charge < -0.3 is 9.47 Å². The van der Waals surface area contributed by atoms with Gasteiger partial charge in [0.1, 0.15) is 16.4 Å². The summed E-state index contributed by atoms with van der Waals surface area (Å²) < 4.78 is 38.1. The van der Waals surface area contributed by atoms with Crippen LogP contribution in [0.4, 0.5) is 5.69 Å². The zero-order valence-corrected chi connectivity index (χ0v) is 15.1. The number of ether oxygens (including phenoxy) is 2. The summed E-state index contributed by atoms with van der Waals surface area (Å²) in [6.07, 6.45) is 0.147. The molecule has 2 aromatic carbocycles. The molecule has 0 bridgehead atoms. The first-order chi connectivity index (χ1) is 11.9. The fourth-order valence-corrected chi connectivity index (χ4v) is 4.53. The van der Waals surface area contributed by atoms with E-state index in [9.17, 15) is 13.2 Å². The van der Waals surface area contributed by atoms with Gasteiger partial charge in [-0.25, -0.2) is 8.42 Å². The van der Waals surface area contributed by atoms with Crippen LogP contribution >= 0.6 is 0 Å². The third-order valence-corrected chi connectivity index (χ3v) is 6.05. The molecule has 25 heavy (non-hydrogen) atoms. The number of aryl methyl sites for hydroxylation is 1. The summed E-state index contributed by atoms with van der Waals surface area (Å²) in [6, 6.07) is 9.75. The number of ketones is 1. The number of Topliss-reactive ketones (excluding diaryl/α,β-unsaturated/α-hetero) is 1. The Bertz CT molecular complexity index is 936. The highest BCUT2D eigenvalue weighted by Gasteiger charge is 2.34. The quantitative estimate of drug-likeness (QED) is 0.837. The lowest BCUT2D eigenvalue weighted by molar-refractivity contribution is 0.0982. The van der Waals surface area contributed by atoms with E-state index < -0.39 is 10.0 Å². The summed E-state index contributed by atoms with van der Waals surface area (Å²) in [6.45, 7) is 1.97. The number of benzene rings is 2. The zero-order chi connectivity index (χ0) is 18.2. The fourth-order valence-electron chi connectivity index (χ4n) is 2.91. The SMILES string of the molecule is COc1ccc(S(=O)(=O)N2CCC(=O)c3cc(C)ccc32)c(OC)c1. The Morgan fingerprint density at radius 1 is 1.04 bits per heavy atom. The maximum atomic E-state index is 13.2. The molecule has 0 fully saturated rings. The average molecular weight is 361 g/mol. The molecule has 0 N–H and O–H groups in total. The van der Waals surface area contributed by atoms with Crippen LogP contribution in [-0.4, -0.2) is 35.0 Å². The molecule has 0 aliphatic carbocycles. The number of anilines is 1. The van der Waals surface area contributed by atoms with Crippen molar-refractivity contribution in [3.05, 3.63) is 47.5 Å².